The molecule has 0 atom stereocenters. The monoisotopic (exact) mass is 328 g/mol. The van der Waals surface area contributed by atoms with Gasteiger partial charge < -0.3 is 10.1 Å². The number of rotatable bonds is 5. The van der Waals surface area contributed by atoms with E-state index in [4.69, 9.17) is 4.74 Å². The third kappa shape index (κ3) is 3.48. The molecule has 128 valence electrons. The number of pyridine rings is 1. The van der Waals surface area contributed by atoms with Crippen LogP contribution in [0.3, 0.4) is 0 Å². The van der Waals surface area contributed by atoms with Crippen LogP contribution in [0.5, 0.6) is 0 Å². The molecule has 0 bridgehead atoms. The van der Waals surface area contributed by atoms with Crippen molar-refractivity contribution in [3.63, 3.8) is 0 Å². The molecule has 1 fully saturated rings. The van der Waals surface area contributed by atoms with Crippen LogP contribution in [0, 0.1) is 6.92 Å². The first-order valence-corrected chi connectivity index (χ1v) is 8.36. The molecule has 1 saturated carbocycles. The third-order valence-electron chi connectivity index (χ3n) is 4.63. The highest BCUT2D eigenvalue weighted by Gasteiger charge is 2.30. The van der Waals surface area contributed by atoms with E-state index in [0.29, 0.717) is 0 Å². The highest BCUT2D eigenvalue weighted by atomic mass is 16.5. The molecule has 2 aromatic rings. The molecule has 2 heterocycles. The van der Waals surface area contributed by atoms with Gasteiger partial charge in [0, 0.05) is 25.0 Å². The summed E-state index contributed by atoms with van der Waals surface area (Å²) in [5.41, 5.74) is 3.10. The number of nitrogens with zero attached hydrogens (tertiary/aromatic N) is 3. The first-order valence-electron chi connectivity index (χ1n) is 8.36. The summed E-state index contributed by atoms with van der Waals surface area (Å²) >= 11 is 0. The summed E-state index contributed by atoms with van der Waals surface area (Å²) in [6, 6.07) is 3.82. The van der Waals surface area contributed by atoms with Gasteiger partial charge in [0.2, 0.25) is 0 Å². The number of anilines is 1. The van der Waals surface area contributed by atoms with Crippen molar-refractivity contribution < 1.29 is 9.53 Å². The zero-order valence-electron chi connectivity index (χ0n) is 14.5. The predicted octanol–water partition coefficient (Wildman–Crippen LogP) is 3.08. The summed E-state index contributed by atoms with van der Waals surface area (Å²) in [5, 5.41) is 7.39. The fourth-order valence-corrected chi connectivity index (χ4v) is 3.32. The van der Waals surface area contributed by atoms with Crippen LogP contribution in [0.15, 0.2) is 24.5 Å². The number of ether oxygens (including phenoxy) is 1. The second-order valence-electron chi connectivity index (χ2n) is 6.67. The van der Waals surface area contributed by atoms with Gasteiger partial charge in [-0.15, -0.1) is 0 Å². The Labute approximate surface area is 142 Å². The molecule has 1 aliphatic rings. The van der Waals surface area contributed by atoms with Gasteiger partial charge >= 0.3 is 0 Å². The van der Waals surface area contributed by atoms with E-state index in [1.165, 1.54) is 12.8 Å². The lowest BCUT2D eigenvalue weighted by Crippen LogP contribution is -2.30. The summed E-state index contributed by atoms with van der Waals surface area (Å²) in [6.07, 6.45) is 7.87. The predicted molar refractivity (Wildman–Crippen MR) is 92.6 cm³/mol. The molecule has 2 aromatic heterocycles. The van der Waals surface area contributed by atoms with Crippen LogP contribution in [-0.4, -0.2) is 32.9 Å². The molecule has 0 aromatic carbocycles. The van der Waals surface area contributed by atoms with Crippen molar-refractivity contribution in [2.45, 2.75) is 45.1 Å². The van der Waals surface area contributed by atoms with E-state index < -0.39 is 0 Å². The molecule has 6 heteroatoms. The quantitative estimate of drug-likeness (QED) is 0.916. The van der Waals surface area contributed by atoms with Crippen molar-refractivity contribution in [1.29, 1.82) is 0 Å². The first-order chi connectivity index (χ1) is 11.5. The van der Waals surface area contributed by atoms with Gasteiger partial charge in [-0.2, -0.15) is 5.10 Å². The maximum atomic E-state index is 12.4. The molecule has 6 nitrogen and oxygen atoms in total. The fraction of sp³-hybridized carbons (Fsp3) is 0.500. The average Bonchev–Trinajstić information content (AvgIpc) is 3.11. The van der Waals surface area contributed by atoms with Gasteiger partial charge in [-0.3, -0.25) is 14.5 Å². The van der Waals surface area contributed by atoms with Crippen molar-refractivity contribution in [3.8, 4) is 11.3 Å². The number of aryl methyl sites for hydroxylation is 2. The van der Waals surface area contributed by atoms with Gasteiger partial charge in [0.15, 0.2) is 0 Å². The molecule has 0 saturated heterocycles. The Morgan fingerprint density at radius 2 is 2.17 bits per heavy atom. The maximum absolute atomic E-state index is 12.4. The molecule has 1 amide bonds. The normalized spacial score (nSPS) is 16.3. The number of hydrogen-bond acceptors (Lipinski definition) is 4. The summed E-state index contributed by atoms with van der Waals surface area (Å²) in [7, 11) is 1.86. The number of carbonyl (C=O) groups is 1. The Morgan fingerprint density at radius 1 is 1.42 bits per heavy atom. The van der Waals surface area contributed by atoms with Gasteiger partial charge in [0.1, 0.15) is 6.61 Å². The average molecular weight is 328 g/mol. The Bertz CT molecular complexity index is 718. The third-order valence-corrected chi connectivity index (χ3v) is 4.63. The van der Waals surface area contributed by atoms with E-state index in [-0.39, 0.29) is 18.1 Å². The summed E-state index contributed by atoms with van der Waals surface area (Å²) in [5.74, 6) is -0.149. The molecule has 24 heavy (non-hydrogen) atoms. The van der Waals surface area contributed by atoms with Crippen molar-refractivity contribution in [2.24, 2.45) is 7.05 Å². The summed E-state index contributed by atoms with van der Waals surface area (Å²) < 4.78 is 7.63. The number of carbonyl (C=O) groups excluding carboxylic acids is 1. The number of nitrogens with one attached hydrogen (secondary N) is 1. The number of hydrogen-bond donors (Lipinski definition) is 1. The van der Waals surface area contributed by atoms with Gasteiger partial charge in [-0.25, -0.2) is 0 Å². The Morgan fingerprint density at radius 3 is 2.83 bits per heavy atom. The van der Waals surface area contributed by atoms with E-state index in [2.05, 4.69) is 22.3 Å². The van der Waals surface area contributed by atoms with Gasteiger partial charge in [-0.1, -0.05) is 12.8 Å². The molecule has 0 spiro atoms. The lowest BCUT2D eigenvalue weighted by molar-refractivity contribution is -0.126. The zero-order chi connectivity index (χ0) is 17.2. The molecule has 1 aliphatic carbocycles. The van der Waals surface area contributed by atoms with Crippen LogP contribution >= 0.6 is 0 Å². The van der Waals surface area contributed by atoms with E-state index in [1.807, 2.05) is 26.1 Å². The lowest BCUT2D eigenvalue weighted by atomic mass is 10.1. The SMILES string of the molecule is Cc1nn(C)c(-c2cccnc2)c1NC(=O)COC1(C)CCCC1. The van der Waals surface area contributed by atoms with Crippen molar-refractivity contribution in [1.82, 2.24) is 14.8 Å². The first kappa shape index (κ1) is 16.6. The zero-order valence-corrected chi connectivity index (χ0v) is 14.5. The highest BCUT2D eigenvalue weighted by Crippen LogP contribution is 2.33. The summed E-state index contributed by atoms with van der Waals surface area (Å²) in [6.45, 7) is 4.04. The topological polar surface area (TPSA) is 69.0 Å². The van der Waals surface area contributed by atoms with Crippen molar-refractivity contribution >= 4 is 11.6 Å². The molecule has 1 N–H and O–H groups in total. The smallest absolute Gasteiger partial charge is 0.250 e. The van der Waals surface area contributed by atoms with E-state index >= 15 is 0 Å². The minimum absolute atomic E-state index is 0.0668. The largest absolute Gasteiger partial charge is 0.365 e. The maximum Gasteiger partial charge on any atom is 0.250 e. The Balaban J connectivity index is 1.74. The van der Waals surface area contributed by atoms with Gasteiger partial charge in [0.05, 0.1) is 22.7 Å². The van der Waals surface area contributed by atoms with Crippen LogP contribution in [0.1, 0.15) is 38.3 Å². The van der Waals surface area contributed by atoms with Crippen LogP contribution < -0.4 is 5.32 Å². The molecular weight excluding hydrogens is 304 g/mol. The van der Waals surface area contributed by atoms with Crippen LogP contribution in [0.2, 0.25) is 0 Å². The van der Waals surface area contributed by atoms with Crippen LogP contribution in [-0.2, 0) is 16.6 Å². The second kappa shape index (κ2) is 6.73. The van der Waals surface area contributed by atoms with E-state index in [0.717, 1.165) is 35.5 Å². The molecule has 0 radical (unpaired) electrons. The lowest BCUT2D eigenvalue weighted by Gasteiger charge is -2.23. The minimum Gasteiger partial charge on any atom is -0.365 e. The highest BCUT2D eigenvalue weighted by molar-refractivity contribution is 5.96. The Kier molecular flexibility index (Phi) is 4.66. The van der Waals surface area contributed by atoms with Crippen LogP contribution in [0.4, 0.5) is 5.69 Å². The minimum atomic E-state index is -0.159. The van der Waals surface area contributed by atoms with E-state index in [1.54, 1.807) is 17.1 Å². The fourth-order valence-electron chi connectivity index (χ4n) is 3.32. The van der Waals surface area contributed by atoms with Gasteiger partial charge in [0.25, 0.3) is 5.91 Å². The van der Waals surface area contributed by atoms with E-state index in [9.17, 15) is 4.79 Å². The molecular formula is C18H24N4O2. The standard InChI is InChI=1S/C18H24N4O2/c1-13-16(17(22(3)21-13)14-7-6-10-19-11-14)20-15(23)12-24-18(2)8-4-5-9-18/h6-7,10-11H,4-5,8-9,12H2,1-3H3,(H,20,23). The van der Waals surface area contributed by atoms with Crippen molar-refractivity contribution in [2.75, 3.05) is 11.9 Å². The Hall–Kier alpha value is -2.21. The van der Waals surface area contributed by atoms with Crippen molar-refractivity contribution in [3.05, 3.63) is 30.2 Å². The summed E-state index contributed by atoms with van der Waals surface area (Å²) in [4.78, 5) is 16.5. The van der Waals surface area contributed by atoms with Gasteiger partial charge in [-0.05, 0) is 38.8 Å². The number of aromatic nitrogens is 3. The number of amides is 1. The second-order valence-corrected chi connectivity index (χ2v) is 6.67. The van der Waals surface area contributed by atoms with Crippen LogP contribution in [0.25, 0.3) is 11.3 Å². The molecule has 3 rings (SSSR count). The molecule has 0 unspecified atom stereocenters. The molecule has 0 aliphatic heterocycles.